The number of anilines is 1. The molecule has 0 saturated heterocycles. The summed E-state index contributed by atoms with van der Waals surface area (Å²) in [5, 5.41) is 7.55. The molecule has 0 unspecified atom stereocenters. The maximum Gasteiger partial charge on any atom is 0.356 e. The first-order valence-electron chi connectivity index (χ1n) is 6.57. The third kappa shape index (κ3) is 3.59. The second kappa shape index (κ2) is 6.78. The summed E-state index contributed by atoms with van der Waals surface area (Å²) < 4.78 is 28.4. The van der Waals surface area contributed by atoms with Crippen LogP contribution in [0.1, 0.15) is 10.5 Å². The molecule has 0 spiro atoms. The molecule has 128 valence electrons. The van der Waals surface area contributed by atoms with Crippen molar-refractivity contribution in [3.63, 3.8) is 0 Å². The summed E-state index contributed by atoms with van der Waals surface area (Å²) in [4.78, 5) is 27.2. The number of carbonyl (C=O) groups is 2. The number of amides is 1. The predicted molar refractivity (Wildman–Crippen MR) is 85.2 cm³/mol. The lowest BCUT2D eigenvalue weighted by molar-refractivity contribution is -0.114. The molecule has 0 fully saturated rings. The highest BCUT2D eigenvalue weighted by Gasteiger charge is 2.24. The number of pyridine rings is 1. The molecule has 0 aliphatic heterocycles. The topological polar surface area (TPSA) is 159 Å². The molecule has 11 heteroatoms. The van der Waals surface area contributed by atoms with Gasteiger partial charge >= 0.3 is 16.2 Å². The molecule has 24 heavy (non-hydrogen) atoms. The molecule has 0 aromatic carbocycles. The van der Waals surface area contributed by atoms with E-state index in [4.69, 9.17) is 10.9 Å². The van der Waals surface area contributed by atoms with Gasteiger partial charge in [0.2, 0.25) is 5.91 Å². The van der Waals surface area contributed by atoms with Gasteiger partial charge in [-0.2, -0.15) is 8.42 Å². The first-order chi connectivity index (χ1) is 11.3. The van der Waals surface area contributed by atoms with Gasteiger partial charge in [0.25, 0.3) is 0 Å². The molecule has 2 heterocycles. The number of aromatic nitrogens is 2. The number of hydrogen-bond acceptors (Lipinski definition) is 7. The number of carbonyl (C=O) groups excluding carboxylic acids is 2. The molecule has 0 aliphatic rings. The number of esters is 1. The van der Waals surface area contributed by atoms with Crippen molar-refractivity contribution in [2.75, 3.05) is 19.0 Å². The van der Waals surface area contributed by atoms with Crippen LogP contribution in [0.2, 0.25) is 0 Å². The molecule has 0 radical (unpaired) electrons. The quantitative estimate of drug-likeness (QED) is 0.598. The molecule has 2 aromatic rings. The molecule has 0 bridgehead atoms. The van der Waals surface area contributed by atoms with Gasteiger partial charge in [0.15, 0.2) is 5.69 Å². The van der Waals surface area contributed by atoms with E-state index >= 15 is 0 Å². The molecule has 2 aromatic heterocycles. The first-order valence-corrected chi connectivity index (χ1v) is 8.07. The van der Waals surface area contributed by atoms with Crippen molar-refractivity contribution < 1.29 is 22.7 Å². The zero-order chi connectivity index (χ0) is 17.9. The Morgan fingerprint density at radius 3 is 2.54 bits per heavy atom. The maximum atomic E-state index is 11.9. The van der Waals surface area contributed by atoms with E-state index in [9.17, 15) is 18.0 Å². The van der Waals surface area contributed by atoms with Crippen molar-refractivity contribution in [1.29, 1.82) is 0 Å². The van der Waals surface area contributed by atoms with Gasteiger partial charge in [-0.1, -0.05) is 0 Å². The molecule has 10 nitrogen and oxygen atoms in total. The SMILES string of the molecule is COC(=O)c1c(-c2ccc(NC(=O)CN)nc2)ccn1S(N)(=O)=O. The summed E-state index contributed by atoms with van der Waals surface area (Å²) in [6.45, 7) is -0.187. The Labute approximate surface area is 137 Å². The summed E-state index contributed by atoms with van der Waals surface area (Å²) in [5.74, 6) is -1.02. The average Bonchev–Trinajstić information content (AvgIpc) is 3.00. The number of methoxy groups -OCH3 is 1. The first kappa shape index (κ1) is 17.6. The number of hydrogen-bond donors (Lipinski definition) is 3. The van der Waals surface area contributed by atoms with Crippen LogP contribution >= 0.6 is 0 Å². The van der Waals surface area contributed by atoms with Gasteiger partial charge in [-0.15, -0.1) is 0 Å². The molecule has 1 amide bonds. The fraction of sp³-hybridized carbons (Fsp3) is 0.154. The smallest absolute Gasteiger partial charge is 0.356 e. The molecular weight excluding hydrogens is 338 g/mol. The van der Waals surface area contributed by atoms with Gasteiger partial charge in [0, 0.05) is 23.5 Å². The number of nitrogens with one attached hydrogen (secondary N) is 1. The van der Waals surface area contributed by atoms with Crippen LogP contribution in [0.4, 0.5) is 5.82 Å². The molecule has 0 atom stereocenters. The molecule has 2 rings (SSSR count). The fourth-order valence-corrected chi connectivity index (χ4v) is 2.63. The van der Waals surface area contributed by atoms with Crippen LogP contribution in [0.25, 0.3) is 11.1 Å². The Morgan fingerprint density at radius 2 is 2.04 bits per heavy atom. The van der Waals surface area contributed by atoms with Crippen LogP contribution in [0, 0.1) is 0 Å². The lowest BCUT2D eigenvalue weighted by Crippen LogP contribution is -2.25. The summed E-state index contributed by atoms with van der Waals surface area (Å²) >= 11 is 0. The Kier molecular flexibility index (Phi) is 4.97. The zero-order valence-electron chi connectivity index (χ0n) is 12.6. The minimum atomic E-state index is -4.18. The minimum Gasteiger partial charge on any atom is -0.464 e. The summed E-state index contributed by atoms with van der Waals surface area (Å²) in [7, 11) is -3.06. The van der Waals surface area contributed by atoms with E-state index in [1.807, 2.05) is 0 Å². The van der Waals surface area contributed by atoms with Crippen LogP contribution < -0.4 is 16.2 Å². The fourth-order valence-electron chi connectivity index (χ4n) is 1.98. The highest BCUT2D eigenvalue weighted by atomic mass is 32.2. The van der Waals surface area contributed by atoms with Gasteiger partial charge in [0.1, 0.15) is 5.82 Å². The van der Waals surface area contributed by atoms with Crippen molar-refractivity contribution in [3.05, 3.63) is 36.3 Å². The minimum absolute atomic E-state index is 0.187. The van der Waals surface area contributed by atoms with E-state index in [-0.39, 0.29) is 23.6 Å². The Morgan fingerprint density at radius 1 is 1.33 bits per heavy atom. The van der Waals surface area contributed by atoms with E-state index in [1.54, 1.807) is 6.07 Å². The molecular formula is C13H15N5O5S. The Balaban J connectivity index is 2.47. The standard InChI is InChI=1S/C13H15N5O5S/c1-23-13(20)12-9(4-5-18(12)24(15,21)22)8-2-3-10(16-7-8)17-11(19)6-14/h2-5,7H,6,14H2,1H3,(H2,15,21,22)(H,16,17,19). The zero-order valence-corrected chi connectivity index (χ0v) is 13.4. The summed E-state index contributed by atoms with van der Waals surface area (Å²) in [5.41, 5.74) is 5.64. The van der Waals surface area contributed by atoms with Crippen LogP contribution in [0.15, 0.2) is 30.6 Å². The van der Waals surface area contributed by atoms with Gasteiger partial charge in [-0.05, 0) is 18.2 Å². The van der Waals surface area contributed by atoms with Crippen LogP contribution in [-0.2, 0) is 19.7 Å². The second-order valence-electron chi connectivity index (χ2n) is 4.59. The largest absolute Gasteiger partial charge is 0.464 e. The van der Waals surface area contributed by atoms with Crippen molar-refractivity contribution in [2.24, 2.45) is 10.9 Å². The van der Waals surface area contributed by atoms with Gasteiger partial charge in [-0.3, -0.25) is 4.79 Å². The highest BCUT2D eigenvalue weighted by Crippen LogP contribution is 2.26. The van der Waals surface area contributed by atoms with Gasteiger partial charge in [-0.25, -0.2) is 18.9 Å². The van der Waals surface area contributed by atoms with Crippen LogP contribution in [-0.4, -0.2) is 42.9 Å². The van der Waals surface area contributed by atoms with Crippen molar-refractivity contribution >= 4 is 27.9 Å². The van der Waals surface area contributed by atoms with Crippen LogP contribution in [0.5, 0.6) is 0 Å². The lowest BCUT2D eigenvalue weighted by Gasteiger charge is -2.08. The van der Waals surface area contributed by atoms with Crippen LogP contribution in [0.3, 0.4) is 0 Å². The summed E-state index contributed by atoms with van der Waals surface area (Å²) in [6, 6.07) is 4.43. The van der Waals surface area contributed by atoms with Crippen molar-refractivity contribution in [3.8, 4) is 11.1 Å². The number of ether oxygens (including phenoxy) is 1. The van der Waals surface area contributed by atoms with Crippen molar-refractivity contribution in [2.45, 2.75) is 0 Å². The third-order valence-electron chi connectivity index (χ3n) is 3.03. The normalized spacial score (nSPS) is 11.1. The van der Waals surface area contributed by atoms with E-state index in [0.29, 0.717) is 9.54 Å². The lowest BCUT2D eigenvalue weighted by atomic mass is 10.1. The monoisotopic (exact) mass is 353 g/mol. The van der Waals surface area contributed by atoms with Crippen molar-refractivity contribution in [1.82, 2.24) is 8.96 Å². The van der Waals surface area contributed by atoms with Gasteiger partial charge < -0.3 is 15.8 Å². The highest BCUT2D eigenvalue weighted by molar-refractivity contribution is 7.87. The van der Waals surface area contributed by atoms with E-state index in [2.05, 4.69) is 15.0 Å². The number of nitrogens with two attached hydrogens (primary N) is 2. The molecule has 5 N–H and O–H groups in total. The second-order valence-corrected chi connectivity index (χ2v) is 6.02. The average molecular weight is 353 g/mol. The van der Waals surface area contributed by atoms with E-state index < -0.39 is 22.1 Å². The van der Waals surface area contributed by atoms with E-state index in [1.165, 1.54) is 18.3 Å². The third-order valence-corrected chi connectivity index (χ3v) is 3.89. The maximum absolute atomic E-state index is 11.9. The van der Waals surface area contributed by atoms with Gasteiger partial charge in [0.05, 0.1) is 13.7 Å². The predicted octanol–water partition coefficient (Wildman–Crippen LogP) is -0.714. The Bertz CT molecular complexity index is 873. The number of rotatable bonds is 5. The molecule has 0 aliphatic carbocycles. The summed E-state index contributed by atoms with van der Waals surface area (Å²) in [6.07, 6.45) is 2.50. The molecule has 0 saturated carbocycles. The van der Waals surface area contributed by atoms with E-state index in [0.717, 1.165) is 13.3 Å². The Hall–Kier alpha value is -2.76. The number of nitrogens with zero attached hydrogens (tertiary/aromatic N) is 2.